The van der Waals surface area contributed by atoms with Crippen LogP contribution in [0.1, 0.15) is 28.8 Å². The highest BCUT2D eigenvalue weighted by Gasteiger charge is 2.54. The third-order valence-corrected chi connectivity index (χ3v) is 5.60. The Morgan fingerprint density at radius 2 is 2.09 bits per heavy atom. The smallest absolute Gasteiger partial charge is 0.319 e. The highest BCUT2D eigenvalue weighted by molar-refractivity contribution is 7.10. The van der Waals surface area contributed by atoms with Crippen LogP contribution in [-0.2, 0) is 23.3 Å². The molecule has 1 N–H and O–H groups in total. The average molecular weight is 330 g/mol. The zero-order chi connectivity index (χ0) is 16.0. The maximum absolute atomic E-state index is 13.9. The number of aryl methyl sites for hydroxylation is 1. The van der Waals surface area contributed by atoms with Gasteiger partial charge >= 0.3 is 6.03 Å². The molecule has 1 saturated heterocycles. The van der Waals surface area contributed by atoms with Crippen molar-refractivity contribution >= 4 is 23.3 Å². The van der Waals surface area contributed by atoms with E-state index in [0.29, 0.717) is 12.0 Å². The molecule has 0 radical (unpaired) electrons. The summed E-state index contributed by atoms with van der Waals surface area (Å²) >= 11 is 1.62. The molecule has 23 heavy (non-hydrogen) atoms. The van der Waals surface area contributed by atoms with E-state index >= 15 is 0 Å². The maximum atomic E-state index is 13.9. The van der Waals surface area contributed by atoms with Crippen LogP contribution >= 0.6 is 11.3 Å². The van der Waals surface area contributed by atoms with Crippen LogP contribution in [0.15, 0.2) is 35.7 Å². The molecule has 1 aromatic carbocycles. The number of nitrogens with zero attached hydrogens (tertiary/aromatic N) is 1. The van der Waals surface area contributed by atoms with E-state index in [1.807, 2.05) is 11.4 Å². The number of imide groups is 1. The van der Waals surface area contributed by atoms with Crippen molar-refractivity contribution in [1.82, 2.24) is 10.2 Å². The minimum Gasteiger partial charge on any atom is -0.319 e. The van der Waals surface area contributed by atoms with Crippen molar-refractivity contribution in [1.29, 1.82) is 0 Å². The number of carbonyl (C=O) groups excluding carboxylic acids is 2. The Morgan fingerprint density at radius 1 is 1.26 bits per heavy atom. The molecule has 1 fully saturated rings. The summed E-state index contributed by atoms with van der Waals surface area (Å²) in [6.07, 6.45) is 2.38. The molecule has 2 heterocycles. The second-order valence-corrected chi connectivity index (χ2v) is 6.93. The highest BCUT2D eigenvalue weighted by Crippen LogP contribution is 2.42. The molecular formula is C17H15FN2O2S. The average Bonchev–Trinajstić information content (AvgIpc) is 3.10. The Bertz CT molecular complexity index is 803. The number of hydrogen-bond acceptors (Lipinski definition) is 3. The number of carbonyl (C=O) groups is 2. The van der Waals surface area contributed by atoms with Gasteiger partial charge in [0.15, 0.2) is 0 Å². The minimum atomic E-state index is -0.962. The van der Waals surface area contributed by atoms with Crippen molar-refractivity contribution in [3.8, 4) is 0 Å². The standard InChI is InChI=1S/C17H15FN2O2S/c18-13-5-2-1-4-11(13)10-20-15(21)17(19-16(20)22)8-3-6-14-12(17)7-9-23-14/h1-2,4-5,7,9H,3,6,8,10H2,(H,19,22). The fraction of sp³-hybridized carbons (Fsp3) is 0.294. The molecule has 0 bridgehead atoms. The largest absolute Gasteiger partial charge is 0.325 e. The van der Waals surface area contributed by atoms with Crippen LogP contribution in [0.2, 0.25) is 0 Å². The number of rotatable bonds is 2. The molecule has 1 aromatic heterocycles. The van der Waals surface area contributed by atoms with Gasteiger partial charge in [0.2, 0.25) is 0 Å². The summed E-state index contributed by atoms with van der Waals surface area (Å²) < 4.78 is 13.9. The van der Waals surface area contributed by atoms with Gasteiger partial charge in [-0.25, -0.2) is 9.18 Å². The van der Waals surface area contributed by atoms with Gasteiger partial charge in [-0.15, -0.1) is 11.3 Å². The Hall–Kier alpha value is -2.21. The molecule has 1 aliphatic heterocycles. The molecule has 4 nitrogen and oxygen atoms in total. The van der Waals surface area contributed by atoms with Gasteiger partial charge < -0.3 is 5.32 Å². The second kappa shape index (κ2) is 5.16. The first-order valence-corrected chi connectivity index (χ1v) is 8.44. The summed E-state index contributed by atoms with van der Waals surface area (Å²) in [5.74, 6) is -0.681. The van der Waals surface area contributed by atoms with E-state index in [0.717, 1.165) is 28.2 Å². The molecule has 1 aliphatic carbocycles. The number of benzene rings is 1. The van der Waals surface area contributed by atoms with E-state index in [1.54, 1.807) is 29.5 Å². The molecule has 1 spiro atoms. The van der Waals surface area contributed by atoms with E-state index in [1.165, 1.54) is 6.07 Å². The molecule has 2 aliphatic rings. The van der Waals surface area contributed by atoms with Crippen molar-refractivity contribution in [2.45, 2.75) is 31.3 Å². The molecule has 2 aromatic rings. The van der Waals surface area contributed by atoms with Crippen LogP contribution in [0.25, 0.3) is 0 Å². The summed E-state index contributed by atoms with van der Waals surface area (Å²) in [5, 5.41) is 4.83. The molecule has 4 rings (SSSR count). The molecule has 1 atom stereocenters. The van der Waals surface area contributed by atoms with E-state index in [-0.39, 0.29) is 12.5 Å². The lowest BCUT2D eigenvalue weighted by atomic mass is 9.80. The predicted molar refractivity (Wildman–Crippen MR) is 84.4 cm³/mol. The van der Waals surface area contributed by atoms with Gasteiger partial charge in [-0.3, -0.25) is 9.69 Å². The lowest BCUT2D eigenvalue weighted by molar-refractivity contribution is -0.132. The van der Waals surface area contributed by atoms with Gasteiger partial charge in [0.25, 0.3) is 5.91 Å². The zero-order valence-corrected chi connectivity index (χ0v) is 13.2. The maximum Gasteiger partial charge on any atom is 0.325 e. The lowest BCUT2D eigenvalue weighted by Gasteiger charge is -2.31. The van der Waals surface area contributed by atoms with Crippen LogP contribution in [0.4, 0.5) is 9.18 Å². The minimum absolute atomic E-state index is 0.0431. The Morgan fingerprint density at radius 3 is 2.91 bits per heavy atom. The Kier molecular flexibility index (Phi) is 3.23. The first-order valence-electron chi connectivity index (χ1n) is 7.56. The van der Waals surface area contributed by atoms with Crippen LogP contribution in [-0.4, -0.2) is 16.8 Å². The summed E-state index contributed by atoms with van der Waals surface area (Å²) in [5.41, 5.74) is 0.285. The third kappa shape index (κ3) is 2.09. The van der Waals surface area contributed by atoms with E-state index in [2.05, 4.69) is 5.32 Å². The van der Waals surface area contributed by atoms with Gasteiger partial charge in [-0.05, 0) is 36.8 Å². The van der Waals surface area contributed by atoms with Crippen molar-refractivity contribution < 1.29 is 14.0 Å². The molecular weight excluding hydrogens is 315 g/mol. The summed E-state index contributed by atoms with van der Waals surface area (Å²) in [6, 6.07) is 7.69. The Labute approximate surface area is 136 Å². The van der Waals surface area contributed by atoms with Crippen molar-refractivity contribution in [2.75, 3.05) is 0 Å². The van der Waals surface area contributed by atoms with Crippen LogP contribution in [0.3, 0.4) is 0 Å². The third-order valence-electron chi connectivity index (χ3n) is 4.62. The molecule has 6 heteroatoms. The number of amides is 3. The van der Waals surface area contributed by atoms with Gasteiger partial charge in [-0.2, -0.15) is 0 Å². The number of fused-ring (bicyclic) bond motifs is 2. The predicted octanol–water partition coefficient (Wildman–Crippen LogP) is 3.17. The Balaban J connectivity index is 1.70. The van der Waals surface area contributed by atoms with Gasteiger partial charge in [0, 0.05) is 16.0 Å². The van der Waals surface area contributed by atoms with Crippen molar-refractivity contribution in [2.24, 2.45) is 0 Å². The number of hydrogen-bond donors (Lipinski definition) is 1. The summed E-state index contributed by atoms with van der Waals surface area (Å²) in [7, 11) is 0. The fourth-order valence-corrected chi connectivity index (χ4v) is 4.48. The van der Waals surface area contributed by atoms with E-state index < -0.39 is 17.4 Å². The quantitative estimate of drug-likeness (QED) is 0.860. The van der Waals surface area contributed by atoms with E-state index in [9.17, 15) is 14.0 Å². The highest BCUT2D eigenvalue weighted by atomic mass is 32.1. The van der Waals surface area contributed by atoms with Crippen LogP contribution in [0, 0.1) is 5.82 Å². The first-order chi connectivity index (χ1) is 11.1. The first kappa shape index (κ1) is 14.4. The topological polar surface area (TPSA) is 49.4 Å². The van der Waals surface area contributed by atoms with Crippen molar-refractivity contribution in [3.05, 3.63) is 57.5 Å². The number of thiophene rings is 1. The van der Waals surface area contributed by atoms with Gasteiger partial charge in [-0.1, -0.05) is 18.2 Å². The molecule has 3 amide bonds. The van der Waals surface area contributed by atoms with Gasteiger partial charge in [0.05, 0.1) is 6.54 Å². The lowest BCUT2D eigenvalue weighted by Crippen LogP contribution is -2.46. The zero-order valence-electron chi connectivity index (χ0n) is 12.3. The molecule has 1 unspecified atom stereocenters. The van der Waals surface area contributed by atoms with Crippen LogP contribution in [0.5, 0.6) is 0 Å². The molecule has 118 valence electrons. The van der Waals surface area contributed by atoms with Gasteiger partial charge in [0.1, 0.15) is 11.4 Å². The monoisotopic (exact) mass is 330 g/mol. The number of nitrogens with one attached hydrogen (secondary N) is 1. The molecule has 0 saturated carbocycles. The SMILES string of the molecule is O=C1NC2(CCCc3sccc32)C(=O)N1Cc1ccccc1F. The second-order valence-electron chi connectivity index (χ2n) is 5.93. The van der Waals surface area contributed by atoms with E-state index in [4.69, 9.17) is 0 Å². The summed E-state index contributed by atoms with van der Waals surface area (Å²) in [4.78, 5) is 27.7. The number of halogens is 1. The fourth-order valence-electron chi connectivity index (χ4n) is 3.48. The summed E-state index contributed by atoms with van der Waals surface area (Å²) in [6.45, 7) is -0.0431. The van der Waals surface area contributed by atoms with Crippen LogP contribution < -0.4 is 5.32 Å². The van der Waals surface area contributed by atoms with Crippen molar-refractivity contribution in [3.63, 3.8) is 0 Å². The normalized spacial score (nSPS) is 23.3. The number of urea groups is 1.